The Hall–Kier alpha value is -2.99. The third-order valence-corrected chi connectivity index (χ3v) is 10.7. The summed E-state index contributed by atoms with van der Waals surface area (Å²) in [6.07, 6.45) is 0. The molecule has 0 N–H and O–H groups in total. The first-order valence-corrected chi connectivity index (χ1v) is 17.6. The summed E-state index contributed by atoms with van der Waals surface area (Å²) < 4.78 is 12.8. The van der Waals surface area contributed by atoms with Gasteiger partial charge in [-0.2, -0.15) is 0 Å². The van der Waals surface area contributed by atoms with Crippen LogP contribution in [0.3, 0.4) is 0 Å². The van der Waals surface area contributed by atoms with E-state index in [4.69, 9.17) is 9.16 Å². The lowest BCUT2D eigenvalue weighted by molar-refractivity contribution is 0.211. The van der Waals surface area contributed by atoms with Crippen LogP contribution in [0.4, 0.5) is 27.2 Å². The highest BCUT2D eigenvalue weighted by Gasteiger charge is 2.18. The van der Waals surface area contributed by atoms with Gasteiger partial charge in [0.15, 0.2) is 8.32 Å². The van der Waals surface area contributed by atoms with Gasteiger partial charge < -0.3 is 14.1 Å². The van der Waals surface area contributed by atoms with Gasteiger partial charge in [0.25, 0.3) is 0 Å². The van der Waals surface area contributed by atoms with Gasteiger partial charge in [0.2, 0.25) is 5.13 Å². The minimum atomic E-state index is -1.53. The van der Waals surface area contributed by atoms with E-state index in [-0.39, 0.29) is 0 Å². The van der Waals surface area contributed by atoms with Crippen LogP contribution < -0.4 is 9.64 Å². The van der Waals surface area contributed by atoms with E-state index in [0.717, 1.165) is 50.8 Å². The Morgan fingerprint density at radius 1 is 0.816 bits per heavy atom. The maximum absolute atomic E-state index is 5.95. The maximum Gasteiger partial charge on any atom is 0.231 e. The standard InChI is InChI=1S/C27H34N6O2S2Si/c1-6-33(7-2)22-13-9-20(10-14-22)30-32-27-28-26-24(36-27)19-25(37-26)31-29-21-11-15-23(16-12-21)34-17-18-35-38(4,5)8-3/h9-16,19H,6-8,17-18H2,1-5H3. The van der Waals surface area contributed by atoms with Crippen LogP contribution in [0.2, 0.25) is 19.1 Å². The molecule has 0 aliphatic rings. The molecule has 4 rings (SSSR count). The summed E-state index contributed by atoms with van der Waals surface area (Å²) in [6.45, 7) is 14.0. The Balaban J connectivity index is 1.30. The van der Waals surface area contributed by atoms with Crippen LogP contribution in [-0.2, 0) is 4.43 Å². The minimum Gasteiger partial charge on any atom is -0.491 e. The molecular weight excluding hydrogens is 533 g/mol. The molecular formula is C27H34N6O2S2Si. The first-order chi connectivity index (χ1) is 18.4. The zero-order chi connectivity index (χ0) is 27.0. The Kier molecular flexibility index (Phi) is 9.73. The number of ether oxygens (including phenoxy) is 1. The summed E-state index contributed by atoms with van der Waals surface area (Å²) in [4.78, 5) is 7.76. The monoisotopic (exact) mass is 566 g/mol. The van der Waals surface area contributed by atoms with Crippen molar-refractivity contribution >= 4 is 67.7 Å². The molecule has 0 unspecified atom stereocenters. The van der Waals surface area contributed by atoms with Gasteiger partial charge >= 0.3 is 0 Å². The average Bonchev–Trinajstić information content (AvgIpc) is 3.49. The molecule has 0 amide bonds. The number of thiophene rings is 1. The van der Waals surface area contributed by atoms with Gasteiger partial charge in [-0.05, 0) is 87.6 Å². The molecule has 0 spiro atoms. The average molecular weight is 567 g/mol. The van der Waals surface area contributed by atoms with Crippen LogP contribution in [0, 0.1) is 0 Å². The summed E-state index contributed by atoms with van der Waals surface area (Å²) >= 11 is 2.98. The molecule has 11 heteroatoms. The summed E-state index contributed by atoms with van der Waals surface area (Å²) in [5, 5.41) is 18.8. The fraction of sp³-hybridized carbons (Fsp3) is 0.370. The Labute approximate surface area is 233 Å². The Morgan fingerprint density at radius 3 is 2.11 bits per heavy atom. The van der Waals surface area contributed by atoms with Crippen molar-refractivity contribution in [2.75, 3.05) is 31.2 Å². The van der Waals surface area contributed by atoms with Crippen molar-refractivity contribution in [3.63, 3.8) is 0 Å². The molecule has 8 nitrogen and oxygen atoms in total. The number of fused-ring (bicyclic) bond motifs is 1. The van der Waals surface area contributed by atoms with Gasteiger partial charge in [-0.15, -0.1) is 20.5 Å². The minimum absolute atomic E-state index is 0.542. The summed E-state index contributed by atoms with van der Waals surface area (Å²) in [7, 11) is -1.53. The molecule has 0 aliphatic heterocycles. The number of hydrogen-bond donors (Lipinski definition) is 0. The van der Waals surface area contributed by atoms with E-state index >= 15 is 0 Å². The second kappa shape index (κ2) is 13.2. The molecule has 4 aromatic rings. The van der Waals surface area contributed by atoms with E-state index in [1.165, 1.54) is 28.4 Å². The zero-order valence-electron chi connectivity index (χ0n) is 22.5. The van der Waals surface area contributed by atoms with Crippen LogP contribution in [0.15, 0.2) is 75.1 Å². The molecule has 0 aliphatic carbocycles. The topological polar surface area (TPSA) is 84.0 Å². The molecule has 2 aromatic carbocycles. The summed E-state index contributed by atoms with van der Waals surface area (Å²) in [5.41, 5.74) is 2.76. The number of aromatic nitrogens is 1. The van der Waals surface area contributed by atoms with Crippen LogP contribution in [-0.4, -0.2) is 39.6 Å². The molecule has 2 aromatic heterocycles. The van der Waals surface area contributed by atoms with Crippen LogP contribution >= 0.6 is 22.7 Å². The Morgan fingerprint density at radius 2 is 1.47 bits per heavy atom. The van der Waals surface area contributed by atoms with E-state index in [1.54, 1.807) is 0 Å². The van der Waals surface area contributed by atoms with E-state index in [0.29, 0.717) is 18.3 Å². The SMILES string of the molecule is CCN(CC)c1ccc(N=Nc2nc3sc(N=Nc4ccc(OCCO[Si](C)(C)CC)cc4)cc3s2)cc1. The fourth-order valence-corrected chi connectivity index (χ4v) is 6.21. The number of azo groups is 2. The van der Waals surface area contributed by atoms with Crippen LogP contribution in [0.1, 0.15) is 20.8 Å². The van der Waals surface area contributed by atoms with Gasteiger partial charge in [-0.25, -0.2) is 4.98 Å². The smallest absolute Gasteiger partial charge is 0.231 e. The molecule has 0 saturated heterocycles. The highest BCUT2D eigenvalue weighted by Crippen LogP contribution is 2.39. The molecule has 0 atom stereocenters. The molecule has 0 radical (unpaired) electrons. The number of benzene rings is 2. The third kappa shape index (κ3) is 7.76. The predicted octanol–water partition coefficient (Wildman–Crippen LogP) is 9.66. The van der Waals surface area contributed by atoms with Gasteiger partial charge in [0, 0.05) is 18.8 Å². The lowest BCUT2D eigenvalue weighted by Crippen LogP contribution is -2.30. The number of rotatable bonds is 13. The number of hydrogen-bond acceptors (Lipinski definition) is 10. The van der Waals surface area contributed by atoms with Gasteiger partial charge in [-0.3, -0.25) is 0 Å². The van der Waals surface area contributed by atoms with Crippen molar-refractivity contribution in [2.24, 2.45) is 20.5 Å². The normalized spacial score (nSPS) is 12.2. The molecule has 2 heterocycles. The van der Waals surface area contributed by atoms with Gasteiger partial charge in [-0.1, -0.05) is 29.6 Å². The molecule has 0 saturated carbocycles. The molecule has 0 fully saturated rings. The van der Waals surface area contributed by atoms with Crippen LogP contribution in [0.25, 0.3) is 9.53 Å². The largest absolute Gasteiger partial charge is 0.491 e. The summed E-state index contributed by atoms with van der Waals surface area (Å²) in [5.74, 6) is 0.797. The lowest BCUT2D eigenvalue weighted by Gasteiger charge is -2.20. The zero-order valence-corrected chi connectivity index (χ0v) is 25.2. The molecule has 200 valence electrons. The third-order valence-electron chi connectivity index (χ3n) is 6.09. The maximum atomic E-state index is 5.95. The van der Waals surface area contributed by atoms with Gasteiger partial charge in [0.05, 0.1) is 22.7 Å². The van der Waals surface area contributed by atoms with Crippen molar-refractivity contribution in [2.45, 2.75) is 39.9 Å². The number of thiazole rings is 1. The van der Waals surface area contributed by atoms with Gasteiger partial charge in [0.1, 0.15) is 22.2 Å². The lowest BCUT2D eigenvalue weighted by atomic mass is 10.2. The van der Waals surface area contributed by atoms with E-state index in [2.05, 4.69) is 76.3 Å². The number of anilines is 1. The predicted molar refractivity (Wildman–Crippen MR) is 162 cm³/mol. The molecule has 38 heavy (non-hydrogen) atoms. The Bertz CT molecular complexity index is 1330. The highest BCUT2D eigenvalue weighted by molar-refractivity contribution is 7.30. The first kappa shape index (κ1) is 28.0. The van der Waals surface area contributed by atoms with Crippen molar-refractivity contribution in [1.29, 1.82) is 0 Å². The van der Waals surface area contributed by atoms with E-state index < -0.39 is 8.32 Å². The van der Waals surface area contributed by atoms with E-state index in [9.17, 15) is 0 Å². The molecule has 0 bridgehead atoms. The summed E-state index contributed by atoms with van der Waals surface area (Å²) in [6, 6.07) is 18.8. The van der Waals surface area contributed by atoms with Crippen LogP contribution in [0.5, 0.6) is 5.75 Å². The quantitative estimate of drug-likeness (QED) is 0.0916. The van der Waals surface area contributed by atoms with E-state index in [1.807, 2.05) is 42.5 Å². The number of nitrogens with zero attached hydrogens (tertiary/aromatic N) is 6. The second-order valence-corrected chi connectivity index (χ2v) is 15.7. The van der Waals surface area contributed by atoms with Crippen molar-refractivity contribution in [3.05, 3.63) is 54.6 Å². The highest BCUT2D eigenvalue weighted by atomic mass is 32.1. The van der Waals surface area contributed by atoms with Crippen molar-refractivity contribution in [3.8, 4) is 5.75 Å². The fourth-order valence-electron chi connectivity index (χ4n) is 3.52. The van der Waals surface area contributed by atoms with Crippen molar-refractivity contribution in [1.82, 2.24) is 4.98 Å². The second-order valence-electron chi connectivity index (χ2n) is 9.14. The first-order valence-electron chi connectivity index (χ1n) is 12.8. The van der Waals surface area contributed by atoms with Crippen molar-refractivity contribution < 1.29 is 9.16 Å².